The number of amides is 1. The van der Waals surface area contributed by atoms with Gasteiger partial charge in [0.2, 0.25) is 5.95 Å². The van der Waals surface area contributed by atoms with Crippen molar-refractivity contribution in [2.75, 3.05) is 37.9 Å². The van der Waals surface area contributed by atoms with Gasteiger partial charge in [-0.05, 0) is 41.7 Å². The number of carbonyl (C=O) groups excluding carboxylic acids is 1. The van der Waals surface area contributed by atoms with Gasteiger partial charge in [0.15, 0.2) is 4.90 Å². The van der Waals surface area contributed by atoms with Gasteiger partial charge in [-0.25, -0.2) is 9.97 Å². The molecule has 1 amide bonds. The summed E-state index contributed by atoms with van der Waals surface area (Å²) in [5, 5.41) is 9.16. The van der Waals surface area contributed by atoms with E-state index in [0.717, 1.165) is 30.6 Å². The van der Waals surface area contributed by atoms with E-state index < -0.39 is 11.2 Å². The van der Waals surface area contributed by atoms with Gasteiger partial charge >= 0.3 is 0 Å². The van der Waals surface area contributed by atoms with Gasteiger partial charge in [0.25, 0.3) is 5.91 Å². The summed E-state index contributed by atoms with van der Waals surface area (Å²) in [6, 6.07) is 9.37. The standard InChI is InChI=1S/C24H25N5O3S/c1-28(9-10-30)22(31)16-3-4-19-21(11-16)29(15-24(19)6-7-24)23-26-13-17(14-27-23)20-12-18(33(2)32)5-8-25-20/h3-5,8,11-14,30H,6-7,9-10,15H2,1-2H3. The van der Waals surface area contributed by atoms with E-state index in [1.807, 2.05) is 12.1 Å². The van der Waals surface area contributed by atoms with Crippen molar-refractivity contribution in [1.82, 2.24) is 19.9 Å². The Morgan fingerprint density at radius 2 is 1.97 bits per heavy atom. The number of rotatable bonds is 6. The number of aliphatic hydroxyl groups is 1. The second-order valence-corrected chi connectivity index (χ2v) is 10.0. The number of nitrogens with zero attached hydrogens (tertiary/aromatic N) is 5. The zero-order valence-electron chi connectivity index (χ0n) is 18.6. The highest BCUT2D eigenvalue weighted by molar-refractivity contribution is 7.90. The Kier molecular flexibility index (Phi) is 5.55. The summed E-state index contributed by atoms with van der Waals surface area (Å²) in [5.41, 5.74) is 4.31. The van der Waals surface area contributed by atoms with Crippen LogP contribution in [-0.2, 0) is 16.6 Å². The topological polar surface area (TPSA) is 106 Å². The van der Waals surface area contributed by atoms with E-state index in [2.05, 4.69) is 25.9 Å². The average molecular weight is 464 g/mol. The summed E-state index contributed by atoms with van der Waals surface area (Å²) in [5.74, 6) is 0.450. The summed E-state index contributed by atoms with van der Waals surface area (Å²) in [6.45, 7) is 0.998. The van der Waals surface area contributed by atoms with Gasteiger partial charge in [-0.3, -0.25) is 9.78 Å². The molecule has 1 fully saturated rings. The molecule has 1 unspecified atom stereocenters. The lowest BCUT2D eigenvalue weighted by molar-refractivity contribution is 0.0767. The molecule has 0 radical (unpaired) electrons. The molecule has 2 aliphatic rings. The molecule has 2 aromatic heterocycles. The quantitative estimate of drug-likeness (QED) is 0.560. The highest BCUT2D eigenvalue weighted by Crippen LogP contribution is 2.57. The maximum atomic E-state index is 12.8. The Morgan fingerprint density at radius 1 is 1.21 bits per heavy atom. The number of carbonyl (C=O) groups is 1. The Balaban J connectivity index is 1.46. The monoisotopic (exact) mass is 463 g/mol. The van der Waals surface area contributed by atoms with Crippen LogP contribution >= 0.6 is 0 Å². The number of aliphatic hydroxyl groups excluding tert-OH is 1. The minimum absolute atomic E-state index is 0.0749. The van der Waals surface area contributed by atoms with Crippen molar-refractivity contribution < 1.29 is 14.5 Å². The Hall–Kier alpha value is -3.01. The van der Waals surface area contributed by atoms with Gasteiger partial charge in [-0.1, -0.05) is 6.07 Å². The van der Waals surface area contributed by atoms with E-state index in [1.165, 1.54) is 10.5 Å². The molecule has 170 valence electrons. The van der Waals surface area contributed by atoms with Crippen molar-refractivity contribution in [2.45, 2.75) is 23.2 Å². The third-order valence-electron chi connectivity index (χ3n) is 6.44. The first-order valence-corrected chi connectivity index (χ1v) is 12.4. The predicted octanol–water partition coefficient (Wildman–Crippen LogP) is 2.52. The van der Waals surface area contributed by atoms with E-state index in [9.17, 15) is 9.35 Å². The van der Waals surface area contributed by atoms with Crippen LogP contribution in [0.2, 0.25) is 0 Å². The lowest BCUT2D eigenvalue weighted by Crippen LogP contribution is -2.29. The number of benzene rings is 1. The fourth-order valence-electron chi connectivity index (χ4n) is 4.38. The molecule has 1 saturated carbocycles. The smallest absolute Gasteiger partial charge is 0.253 e. The van der Waals surface area contributed by atoms with Crippen molar-refractivity contribution in [1.29, 1.82) is 0 Å². The molecular formula is C24H25N5O3S. The second kappa shape index (κ2) is 8.40. The average Bonchev–Trinajstić information content (AvgIpc) is 3.55. The lowest BCUT2D eigenvalue weighted by Gasteiger charge is -2.19. The zero-order valence-corrected chi connectivity index (χ0v) is 19.4. The first-order chi connectivity index (χ1) is 15.9. The molecule has 3 heterocycles. The van der Waals surface area contributed by atoms with Crippen molar-refractivity contribution in [2.24, 2.45) is 0 Å². The van der Waals surface area contributed by atoms with Crippen LogP contribution in [0.5, 0.6) is 0 Å². The summed E-state index contributed by atoms with van der Waals surface area (Å²) < 4.78 is 11.8. The summed E-state index contributed by atoms with van der Waals surface area (Å²) in [7, 11) is 1.69. The molecule has 5 rings (SSSR count). The Labute approximate surface area is 195 Å². The van der Waals surface area contributed by atoms with Crippen LogP contribution < -0.4 is 4.90 Å². The number of anilines is 2. The second-order valence-electron chi connectivity index (χ2n) is 8.65. The molecule has 1 aliphatic heterocycles. The molecule has 8 nitrogen and oxygen atoms in total. The van der Waals surface area contributed by atoms with E-state index in [-0.39, 0.29) is 24.5 Å². The normalized spacial score (nSPS) is 16.5. The molecule has 1 N–H and O–H groups in total. The van der Waals surface area contributed by atoms with Crippen molar-refractivity contribution in [3.05, 3.63) is 60.0 Å². The van der Waals surface area contributed by atoms with Crippen LogP contribution in [-0.4, -0.2) is 68.4 Å². The first kappa shape index (κ1) is 21.8. The third kappa shape index (κ3) is 3.96. The highest BCUT2D eigenvalue weighted by Gasteiger charge is 2.52. The van der Waals surface area contributed by atoms with Crippen molar-refractivity contribution >= 4 is 28.7 Å². The number of hydrogen-bond acceptors (Lipinski definition) is 7. The van der Waals surface area contributed by atoms with Crippen molar-refractivity contribution in [3.63, 3.8) is 0 Å². The zero-order chi connectivity index (χ0) is 23.2. The molecule has 33 heavy (non-hydrogen) atoms. The van der Waals surface area contributed by atoms with Crippen molar-refractivity contribution in [3.8, 4) is 11.3 Å². The maximum absolute atomic E-state index is 12.8. The molecule has 1 spiro atoms. The van der Waals surface area contributed by atoms with E-state index in [1.54, 1.807) is 44.0 Å². The summed E-state index contributed by atoms with van der Waals surface area (Å²) in [4.78, 5) is 30.7. The van der Waals surface area contributed by atoms with Gasteiger partial charge in [0, 0.05) is 73.1 Å². The van der Waals surface area contributed by atoms with Crippen LogP contribution in [0.1, 0.15) is 28.8 Å². The number of fused-ring (bicyclic) bond motifs is 2. The molecule has 1 atom stereocenters. The van der Waals surface area contributed by atoms with E-state index in [0.29, 0.717) is 22.1 Å². The number of likely N-dealkylation sites (N-methyl/N-ethyl adjacent to an activating group) is 1. The van der Waals surface area contributed by atoms with E-state index >= 15 is 0 Å². The molecule has 1 aliphatic carbocycles. The van der Waals surface area contributed by atoms with Crippen LogP contribution in [0.15, 0.2) is 53.8 Å². The number of aromatic nitrogens is 3. The fraction of sp³-hybridized carbons (Fsp3) is 0.333. The minimum atomic E-state index is -1.09. The summed E-state index contributed by atoms with van der Waals surface area (Å²) in [6.07, 6.45) is 8.95. The SMILES string of the molecule is CN(CCO)C(=O)c1ccc2c(c1)N(c1ncc(-c3cc([S+](C)[O-])ccn3)cn1)CC21CC1. The Morgan fingerprint density at radius 3 is 2.64 bits per heavy atom. The summed E-state index contributed by atoms with van der Waals surface area (Å²) >= 11 is -1.09. The van der Waals surface area contributed by atoms with Crippen LogP contribution in [0.3, 0.4) is 0 Å². The van der Waals surface area contributed by atoms with Crippen LogP contribution in [0.4, 0.5) is 11.6 Å². The lowest BCUT2D eigenvalue weighted by atomic mass is 9.97. The highest BCUT2D eigenvalue weighted by atomic mass is 32.2. The predicted molar refractivity (Wildman–Crippen MR) is 126 cm³/mol. The molecule has 1 aromatic carbocycles. The van der Waals surface area contributed by atoms with Gasteiger partial charge in [-0.2, -0.15) is 0 Å². The Bertz CT molecular complexity index is 1200. The van der Waals surface area contributed by atoms with Crippen LogP contribution in [0, 0.1) is 0 Å². The largest absolute Gasteiger partial charge is 0.612 e. The van der Waals surface area contributed by atoms with E-state index in [4.69, 9.17) is 5.11 Å². The molecule has 0 saturated heterocycles. The van der Waals surface area contributed by atoms with Crippen LogP contribution in [0.25, 0.3) is 11.3 Å². The molecule has 0 bridgehead atoms. The maximum Gasteiger partial charge on any atom is 0.253 e. The van der Waals surface area contributed by atoms with Gasteiger partial charge in [-0.15, -0.1) is 0 Å². The first-order valence-electron chi connectivity index (χ1n) is 10.8. The molecule has 9 heteroatoms. The molecular weight excluding hydrogens is 438 g/mol. The number of hydrogen-bond donors (Lipinski definition) is 1. The molecule has 3 aromatic rings. The van der Waals surface area contributed by atoms with Gasteiger partial charge in [0.05, 0.1) is 12.3 Å². The minimum Gasteiger partial charge on any atom is -0.612 e. The fourth-order valence-corrected chi connectivity index (χ4v) is 4.91. The van der Waals surface area contributed by atoms with Gasteiger partial charge < -0.3 is 19.5 Å². The third-order valence-corrected chi connectivity index (χ3v) is 7.36. The van der Waals surface area contributed by atoms with Gasteiger partial charge in [0.1, 0.15) is 6.26 Å². The number of pyridine rings is 1.